The highest BCUT2D eigenvalue weighted by Crippen LogP contribution is 2.36. The standard InChI is InChI=1S/C25H27F4N9O/c1-16-4-5-33-38(16)21-11-17(25(27,28)29)10-20(12-21)34-19-3-2-18(30-13-19)14-32-36-24-31-15-22(26)23(35-24)37-6-8-39-9-7-37/h2-3,10-13,15-16,33-34H,4-9,14H2,1H3. The van der Waals surface area contributed by atoms with Gasteiger partial charge >= 0.3 is 6.18 Å². The Kier molecular flexibility index (Phi) is 7.84. The van der Waals surface area contributed by atoms with E-state index in [4.69, 9.17) is 4.74 Å². The van der Waals surface area contributed by atoms with Gasteiger partial charge in [-0.3, -0.25) is 4.98 Å². The van der Waals surface area contributed by atoms with Crippen molar-refractivity contribution < 1.29 is 22.3 Å². The van der Waals surface area contributed by atoms with Gasteiger partial charge in [0.15, 0.2) is 11.6 Å². The molecular formula is C25H27F4N9O. The summed E-state index contributed by atoms with van der Waals surface area (Å²) < 4.78 is 60.2. The van der Waals surface area contributed by atoms with Gasteiger partial charge in [-0.1, -0.05) is 0 Å². The average molecular weight is 546 g/mol. The van der Waals surface area contributed by atoms with Crippen LogP contribution >= 0.6 is 0 Å². The molecule has 1 aromatic carbocycles. The van der Waals surface area contributed by atoms with Crippen LogP contribution < -0.4 is 20.7 Å². The summed E-state index contributed by atoms with van der Waals surface area (Å²) in [5.41, 5.74) is 4.19. The molecule has 0 amide bonds. The minimum absolute atomic E-state index is 0.0262. The van der Waals surface area contributed by atoms with E-state index in [1.807, 2.05) is 6.92 Å². The fraction of sp³-hybridized carbons (Fsp3) is 0.400. The number of hydrogen-bond donors (Lipinski definition) is 2. The monoisotopic (exact) mass is 545 g/mol. The predicted octanol–water partition coefficient (Wildman–Crippen LogP) is 5.00. The van der Waals surface area contributed by atoms with Crippen LogP contribution in [0.4, 0.5) is 46.4 Å². The van der Waals surface area contributed by atoms with Crippen LogP contribution in [0.3, 0.4) is 0 Å². The number of morpholine rings is 1. The third-order valence-corrected chi connectivity index (χ3v) is 6.34. The van der Waals surface area contributed by atoms with Gasteiger partial charge in [0.1, 0.15) is 6.54 Å². The van der Waals surface area contributed by atoms with E-state index >= 15 is 0 Å². The third kappa shape index (κ3) is 6.57. The first-order chi connectivity index (χ1) is 18.8. The molecule has 206 valence electrons. The van der Waals surface area contributed by atoms with Crippen LogP contribution in [0, 0.1) is 5.82 Å². The number of anilines is 4. The summed E-state index contributed by atoms with van der Waals surface area (Å²) in [5.74, 6) is -0.360. The van der Waals surface area contributed by atoms with Crippen LogP contribution in [-0.4, -0.2) is 53.8 Å². The maximum absolute atomic E-state index is 14.2. The molecule has 0 bridgehead atoms. The summed E-state index contributed by atoms with van der Waals surface area (Å²) in [4.78, 5) is 14.1. The number of benzene rings is 1. The topological polar surface area (TPSA) is 103 Å². The van der Waals surface area contributed by atoms with Crippen molar-refractivity contribution in [2.45, 2.75) is 32.1 Å². The number of rotatable bonds is 7. The Labute approximate surface area is 222 Å². The minimum Gasteiger partial charge on any atom is -0.378 e. The molecule has 14 heteroatoms. The van der Waals surface area contributed by atoms with E-state index in [1.54, 1.807) is 28.1 Å². The van der Waals surface area contributed by atoms with Gasteiger partial charge in [-0.2, -0.15) is 23.3 Å². The summed E-state index contributed by atoms with van der Waals surface area (Å²) in [7, 11) is 0. The number of hydrazine groups is 1. The van der Waals surface area contributed by atoms with Gasteiger partial charge < -0.3 is 20.0 Å². The number of nitrogens with zero attached hydrogens (tertiary/aromatic N) is 7. The van der Waals surface area contributed by atoms with Crippen molar-refractivity contribution in [1.29, 1.82) is 0 Å². The van der Waals surface area contributed by atoms with Crippen molar-refractivity contribution in [3.05, 3.63) is 59.8 Å². The van der Waals surface area contributed by atoms with E-state index in [2.05, 4.69) is 35.9 Å². The Morgan fingerprint density at radius 1 is 1.10 bits per heavy atom. The molecule has 0 saturated carbocycles. The largest absolute Gasteiger partial charge is 0.416 e. The van der Waals surface area contributed by atoms with E-state index in [0.29, 0.717) is 55.6 Å². The van der Waals surface area contributed by atoms with Crippen LogP contribution in [0.25, 0.3) is 0 Å². The maximum atomic E-state index is 14.2. The van der Waals surface area contributed by atoms with Gasteiger partial charge in [0.2, 0.25) is 0 Å². The van der Waals surface area contributed by atoms with Crippen molar-refractivity contribution in [2.75, 3.05) is 48.1 Å². The number of aromatic nitrogens is 3. The molecular weight excluding hydrogens is 518 g/mol. The Balaban J connectivity index is 1.25. The quantitative estimate of drug-likeness (QED) is 0.316. The normalized spacial score (nSPS) is 18.2. The van der Waals surface area contributed by atoms with E-state index in [-0.39, 0.29) is 24.4 Å². The molecule has 0 radical (unpaired) electrons. The Bertz CT molecular complexity index is 1310. The fourth-order valence-corrected chi connectivity index (χ4v) is 4.33. The molecule has 2 fully saturated rings. The zero-order chi connectivity index (χ0) is 27.4. The lowest BCUT2D eigenvalue weighted by atomic mass is 10.1. The molecule has 2 aliphatic rings. The molecule has 3 aromatic rings. The molecule has 39 heavy (non-hydrogen) atoms. The molecule has 1 atom stereocenters. The summed E-state index contributed by atoms with van der Waals surface area (Å²) in [6.45, 7) is 4.78. The number of ether oxygens (including phenoxy) is 1. The molecule has 2 aliphatic heterocycles. The van der Waals surface area contributed by atoms with E-state index in [9.17, 15) is 17.6 Å². The van der Waals surface area contributed by atoms with Crippen molar-refractivity contribution in [3.8, 4) is 0 Å². The Morgan fingerprint density at radius 3 is 2.62 bits per heavy atom. The molecule has 4 heterocycles. The predicted molar refractivity (Wildman–Crippen MR) is 137 cm³/mol. The highest BCUT2D eigenvalue weighted by molar-refractivity contribution is 5.67. The van der Waals surface area contributed by atoms with Crippen LogP contribution in [-0.2, 0) is 17.5 Å². The zero-order valence-corrected chi connectivity index (χ0v) is 21.1. The van der Waals surface area contributed by atoms with Crippen molar-refractivity contribution in [2.24, 2.45) is 10.2 Å². The summed E-state index contributed by atoms with van der Waals surface area (Å²) in [5, 5.41) is 12.8. The van der Waals surface area contributed by atoms with E-state index < -0.39 is 17.6 Å². The smallest absolute Gasteiger partial charge is 0.378 e. The second-order valence-electron chi connectivity index (χ2n) is 9.19. The average Bonchev–Trinajstić information content (AvgIpc) is 3.36. The summed E-state index contributed by atoms with van der Waals surface area (Å²) in [6, 6.07) is 7.33. The first kappa shape index (κ1) is 26.7. The minimum atomic E-state index is -4.49. The number of pyridine rings is 1. The maximum Gasteiger partial charge on any atom is 0.416 e. The van der Waals surface area contributed by atoms with Crippen molar-refractivity contribution >= 4 is 28.8 Å². The third-order valence-electron chi connectivity index (χ3n) is 6.34. The van der Waals surface area contributed by atoms with Gasteiger partial charge in [-0.15, -0.1) is 5.11 Å². The Morgan fingerprint density at radius 2 is 1.92 bits per heavy atom. The fourth-order valence-electron chi connectivity index (χ4n) is 4.33. The van der Waals surface area contributed by atoms with Crippen LogP contribution in [0.5, 0.6) is 0 Å². The molecule has 0 spiro atoms. The van der Waals surface area contributed by atoms with Crippen LogP contribution in [0.15, 0.2) is 53.0 Å². The zero-order valence-electron chi connectivity index (χ0n) is 21.1. The van der Waals surface area contributed by atoms with Gasteiger partial charge in [-0.05, 0) is 43.7 Å². The number of nitrogens with one attached hydrogen (secondary N) is 2. The second kappa shape index (κ2) is 11.5. The second-order valence-corrected chi connectivity index (χ2v) is 9.19. The van der Waals surface area contributed by atoms with Gasteiger partial charge in [0, 0.05) is 31.4 Å². The van der Waals surface area contributed by atoms with E-state index in [0.717, 1.165) is 24.8 Å². The Hall–Kier alpha value is -3.91. The molecule has 10 nitrogen and oxygen atoms in total. The summed E-state index contributed by atoms with van der Waals surface area (Å²) >= 11 is 0. The van der Waals surface area contributed by atoms with Crippen LogP contribution in [0.2, 0.25) is 0 Å². The highest BCUT2D eigenvalue weighted by Gasteiger charge is 2.32. The molecule has 0 aliphatic carbocycles. The van der Waals surface area contributed by atoms with Crippen LogP contribution in [0.1, 0.15) is 24.6 Å². The van der Waals surface area contributed by atoms with Crippen molar-refractivity contribution in [3.63, 3.8) is 0 Å². The van der Waals surface area contributed by atoms with E-state index in [1.165, 1.54) is 6.20 Å². The number of hydrogen-bond acceptors (Lipinski definition) is 10. The number of azo groups is 1. The van der Waals surface area contributed by atoms with Gasteiger partial charge in [0.05, 0.1) is 48.2 Å². The highest BCUT2D eigenvalue weighted by atomic mass is 19.4. The number of alkyl halides is 3. The first-order valence-electron chi connectivity index (χ1n) is 12.5. The molecule has 2 N–H and O–H groups in total. The lowest BCUT2D eigenvalue weighted by molar-refractivity contribution is -0.137. The van der Waals surface area contributed by atoms with Gasteiger partial charge in [0.25, 0.3) is 5.95 Å². The van der Waals surface area contributed by atoms with Gasteiger partial charge in [-0.25, -0.2) is 14.8 Å². The number of halogens is 4. The van der Waals surface area contributed by atoms with Crippen molar-refractivity contribution in [1.82, 2.24) is 20.4 Å². The SMILES string of the molecule is CC1CCNN1c1cc(Nc2ccc(CN=Nc3ncc(F)c(N4CCOCC4)n3)nc2)cc(C(F)(F)F)c1. The molecule has 1 unspecified atom stereocenters. The lowest BCUT2D eigenvalue weighted by Crippen LogP contribution is -2.37. The lowest BCUT2D eigenvalue weighted by Gasteiger charge is -2.27. The first-order valence-corrected chi connectivity index (χ1v) is 12.5. The summed E-state index contributed by atoms with van der Waals surface area (Å²) in [6.07, 6.45) is -1.08. The molecule has 2 saturated heterocycles. The molecule has 5 rings (SSSR count). The molecule has 2 aromatic heterocycles.